The summed E-state index contributed by atoms with van der Waals surface area (Å²) < 4.78 is 14.1. The molecule has 1 N–H and O–H groups in total. The lowest BCUT2D eigenvalue weighted by Crippen LogP contribution is -2.39. The average molecular weight is 533 g/mol. The molecule has 0 atom stereocenters. The largest absolute Gasteiger partial charge is 0.356 e. The molecule has 0 saturated carbocycles. The molecule has 0 unspecified atom stereocenters. The van der Waals surface area contributed by atoms with Gasteiger partial charge in [0.05, 0.1) is 16.8 Å². The minimum atomic E-state index is -0.474. The van der Waals surface area contributed by atoms with Gasteiger partial charge in [-0.15, -0.1) is 0 Å². The molecule has 1 aromatic rings. The van der Waals surface area contributed by atoms with E-state index in [4.69, 9.17) is 0 Å². The number of Topliss-reactive ketones (excluding diaryl/α,β-unsaturated/α-hetero) is 1. The van der Waals surface area contributed by atoms with Gasteiger partial charge in [-0.05, 0) is 86.1 Å². The molecule has 212 valence electrons. The predicted molar refractivity (Wildman–Crippen MR) is 168 cm³/mol. The van der Waals surface area contributed by atoms with Crippen LogP contribution in [-0.2, 0) is 10.2 Å². The van der Waals surface area contributed by atoms with Gasteiger partial charge >= 0.3 is 0 Å². The fourth-order valence-corrected chi connectivity index (χ4v) is 5.07. The lowest BCUT2D eigenvalue weighted by Gasteiger charge is -2.36. The molecule has 3 nitrogen and oxygen atoms in total. The summed E-state index contributed by atoms with van der Waals surface area (Å²) in [7, 11) is 0. The second-order valence-electron chi connectivity index (χ2n) is 10.5. The maximum absolute atomic E-state index is 14.1. The number of nitrogens with one attached hydrogen (secondary N) is 1. The standard InChI is InChI=1S/C35H49FN2O/c1-12-19-35(20-13-2,34(39)24(6)7)30-18-17-29(22-26(30)9)25(8)23-33(37-21-14-3)27(10)28(11)38-32(16-5)31(36)15-4/h15-18,21-24,38H,4-5,8,12-14,19-20H2,1-3,6-7,9-11H3/b28-27+,32-31-,33-23+,37-21?. The molecule has 0 aromatic heterocycles. The first kappa shape index (κ1) is 33.8. The van der Waals surface area contributed by atoms with Crippen molar-refractivity contribution in [3.63, 3.8) is 0 Å². The van der Waals surface area contributed by atoms with E-state index in [1.165, 1.54) is 6.08 Å². The first-order chi connectivity index (χ1) is 18.4. The van der Waals surface area contributed by atoms with Crippen molar-refractivity contribution >= 4 is 17.6 Å². The van der Waals surface area contributed by atoms with Gasteiger partial charge in [-0.1, -0.05) is 85.4 Å². The molecule has 0 fully saturated rings. The van der Waals surface area contributed by atoms with E-state index in [1.54, 1.807) is 0 Å². The third-order valence-electron chi connectivity index (χ3n) is 7.10. The van der Waals surface area contributed by atoms with Gasteiger partial charge in [0.2, 0.25) is 0 Å². The van der Waals surface area contributed by atoms with Gasteiger partial charge in [0.1, 0.15) is 11.6 Å². The molecule has 0 saturated heterocycles. The third-order valence-corrected chi connectivity index (χ3v) is 7.10. The number of hydrogen-bond acceptors (Lipinski definition) is 3. The Morgan fingerprint density at radius 1 is 1.10 bits per heavy atom. The van der Waals surface area contributed by atoms with Crippen LogP contribution in [0.15, 0.2) is 89.6 Å². The van der Waals surface area contributed by atoms with Crippen molar-refractivity contribution in [1.29, 1.82) is 0 Å². The van der Waals surface area contributed by atoms with Gasteiger partial charge in [0.15, 0.2) is 0 Å². The van der Waals surface area contributed by atoms with E-state index in [0.29, 0.717) is 5.78 Å². The molecule has 0 spiro atoms. The Morgan fingerprint density at radius 3 is 2.18 bits per heavy atom. The summed E-state index contributed by atoms with van der Waals surface area (Å²) >= 11 is 0. The highest BCUT2D eigenvalue weighted by Gasteiger charge is 2.40. The Morgan fingerprint density at radius 2 is 1.72 bits per heavy atom. The van der Waals surface area contributed by atoms with E-state index in [0.717, 1.165) is 77.4 Å². The number of hydrogen-bond donors (Lipinski definition) is 1. The smallest absolute Gasteiger partial charge is 0.146 e. The number of rotatable bonds is 16. The Labute approximate surface area is 237 Å². The number of nitrogens with zero attached hydrogens (tertiary/aromatic N) is 1. The summed E-state index contributed by atoms with van der Waals surface area (Å²) in [6.07, 6.45) is 10.7. The van der Waals surface area contributed by atoms with Gasteiger partial charge < -0.3 is 5.32 Å². The van der Waals surface area contributed by atoms with Crippen LogP contribution < -0.4 is 5.32 Å². The summed E-state index contributed by atoms with van der Waals surface area (Å²) in [6, 6.07) is 6.32. The van der Waals surface area contributed by atoms with Crippen molar-refractivity contribution in [2.24, 2.45) is 10.9 Å². The minimum absolute atomic E-state index is 0.0259. The normalized spacial score (nSPS) is 13.7. The topological polar surface area (TPSA) is 41.5 Å². The molecule has 0 radical (unpaired) electrons. The zero-order valence-corrected chi connectivity index (χ0v) is 25.5. The van der Waals surface area contributed by atoms with Crippen LogP contribution in [0.4, 0.5) is 4.39 Å². The molecule has 0 heterocycles. The zero-order chi connectivity index (χ0) is 29.8. The van der Waals surface area contributed by atoms with Crippen molar-refractivity contribution in [2.75, 3.05) is 0 Å². The molecule has 39 heavy (non-hydrogen) atoms. The molecule has 4 heteroatoms. The number of aryl methyl sites for hydroxylation is 1. The molecule has 1 rings (SSSR count). The van der Waals surface area contributed by atoms with Crippen molar-refractivity contribution in [3.05, 3.63) is 101 Å². The van der Waals surface area contributed by atoms with Crippen LogP contribution in [0.25, 0.3) is 5.57 Å². The molecule has 0 aliphatic carbocycles. The predicted octanol–water partition coefficient (Wildman–Crippen LogP) is 9.87. The molecule has 0 amide bonds. The number of ketones is 1. The van der Waals surface area contributed by atoms with Crippen LogP contribution in [0.5, 0.6) is 0 Å². The molecular weight excluding hydrogens is 483 g/mol. The van der Waals surface area contributed by atoms with Crippen LogP contribution >= 0.6 is 0 Å². The van der Waals surface area contributed by atoms with Gasteiger partial charge in [0.25, 0.3) is 0 Å². The fourth-order valence-electron chi connectivity index (χ4n) is 5.07. The van der Waals surface area contributed by atoms with Crippen molar-refractivity contribution in [1.82, 2.24) is 5.32 Å². The van der Waals surface area contributed by atoms with Gasteiger partial charge in [0, 0.05) is 17.8 Å². The lowest BCUT2D eigenvalue weighted by molar-refractivity contribution is -0.128. The highest BCUT2D eigenvalue weighted by molar-refractivity contribution is 5.92. The summed E-state index contributed by atoms with van der Waals surface area (Å²) in [4.78, 5) is 18.2. The van der Waals surface area contributed by atoms with E-state index >= 15 is 0 Å². The fraction of sp³-hybridized carbons (Fsp3) is 0.429. The second kappa shape index (κ2) is 16.0. The van der Waals surface area contributed by atoms with Crippen molar-refractivity contribution in [2.45, 2.75) is 92.9 Å². The highest BCUT2D eigenvalue weighted by atomic mass is 19.1. The van der Waals surface area contributed by atoms with E-state index in [2.05, 4.69) is 69.0 Å². The average Bonchev–Trinajstić information content (AvgIpc) is 2.91. The maximum Gasteiger partial charge on any atom is 0.146 e. The molecular formula is C35H49FN2O. The number of aliphatic imine (C=N–C) groups is 1. The van der Waals surface area contributed by atoms with Crippen molar-refractivity contribution < 1.29 is 9.18 Å². The maximum atomic E-state index is 14.1. The Hall–Kier alpha value is -3.27. The van der Waals surface area contributed by atoms with E-state index in [1.807, 2.05) is 46.9 Å². The molecule has 0 aliphatic rings. The van der Waals surface area contributed by atoms with Gasteiger partial charge in [-0.25, -0.2) is 4.39 Å². The number of carbonyl (C=O) groups is 1. The number of benzene rings is 1. The highest BCUT2D eigenvalue weighted by Crippen LogP contribution is 2.40. The number of allylic oxidation sites excluding steroid dienone is 7. The lowest BCUT2D eigenvalue weighted by atomic mass is 9.66. The van der Waals surface area contributed by atoms with Crippen LogP contribution in [-0.4, -0.2) is 12.0 Å². The number of halogens is 1. The summed E-state index contributed by atoms with van der Waals surface area (Å²) in [5.74, 6) is -0.179. The van der Waals surface area contributed by atoms with Crippen molar-refractivity contribution in [3.8, 4) is 0 Å². The Kier molecular flexibility index (Phi) is 13.8. The first-order valence-corrected chi connectivity index (χ1v) is 14.1. The summed E-state index contributed by atoms with van der Waals surface area (Å²) in [5.41, 5.74) is 6.14. The second-order valence-corrected chi connectivity index (χ2v) is 10.5. The van der Waals surface area contributed by atoms with Crippen LogP contribution in [0.2, 0.25) is 0 Å². The monoisotopic (exact) mass is 532 g/mol. The first-order valence-electron chi connectivity index (χ1n) is 14.1. The van der Waals surface area contributed by atoms with Gasteiger partial charge in [-0.3, -0.25) is 9.79 Å². The van der Waals surface area contributed by atoms with Gasteiger partial charge in [-0.2, -0.15) is 0 Å². The zero-order valence-electron chi connectivity index (χ0n) is 25.5. The van der Waals surface area contributed by atoms with E-state index < -0.39 is 11.2 Å². The van der Waals surface area contributed by atoms with Crippen LogP contribution in [0, 0.1) is 12.8 Å². The molecule has 0 bridgehead atoms. The molecule has 0 aliphatic heterocycles. The summed E-state index contributed by atoms with van der Waals surface area (Å²) in [6.45, 7) is 27.8. The summed E-state index contributed by atoms with van der Waals surface area (Å²) in [5, 5.41) is 3.08. The molecule has 1 aromatic carbocycles. The SMILES string of the molecule is C=C/C(F)=C(\C=C)N/C(C)=C(C)/C(=C\C(=C)c1ccc(C(CCC)(CCC)C(=O)C(C)C)c(C)c1)N=CCC. The number of carbonyl (C=O) groups excluding carboxylic acids is 1. The minimum Gasteiger partial charge on any atom is -0.356 e. The van der Waals surface area contributed by atoms with E-state index in [9.17, 15) is 9.18 Å². The quantitative estimate of drug-likeness (QED) is 0.170. The van der Waals surface area contributed by atoms with Crippen LogP contribution in [0.1, 0.15) is 97.3 Å². The Bertz CT molecular complexity index is 1170. The Balaban J connectivity index is 3.61. The van der Waals surface area contributed by atoms with E-state index in [-0.39, 0.29) is 11.6 Å². The van der Waals surface area contributed by atoms with Crippen LogP contribution in [0.3, 0.4) is 0 Å². The third kappa shape index (κ3) is 8.61.